The molecule has 5 heteroatoms. The van der Waals surface area contributed by atoms with E-state index in [4.69, 9.17) is 10.5 Å². The monoisotopic (exact) mass is 252 g/mol. The number of amides is 1. The Bertz CT molecular complexity index is 451. The molecule has 0 saturated carbocycles. The van der Waals surface area contributed by atoms with Crippen molar-refractivity contribution in [1.29, 1.82) is 0 Å². The lowest BCUT2D eigenvalue weighted by Crippen LogP contribution is -2.48. The summed E-state index contributed by atoms with van der Waals surface area (Å²) in [6.45, 7) is 3.50. The van der Waals surface area contributed by atoms with Gasteiger partial charge >= 0.3 is 0 Å². The molecule has 1 amide bonds. The Hall–Kier alpha value is -1.62. The number of nitrogen functional groups attached to an aromatic ring is 1. The summed E-state index contributed by atoms with van der Waals surface area (Å²) in [6.07, 6.45) is 0.794. The Morgan fingerprint density at radius 3 is 3.06 bits per heavy atom. The van der Waals surface area contributed by atoms with Crippen molar-refractivity contribution < 1.29 is 13.9 Å². The van der Waals surface area contributed by atoms with Crippen LogP contribution in [0.3, 0.4) is 0 Å². The van der Waals surface area contributed by atoms with Gasteiger partial charge in [0.25, 0.3) is 5.91 Å². The molecular weight excluding hydrogens is 235 g/mol. The highest BCUT2D eigenvalue weighted by molar-refractivity contribution is 5.95. The number of rotatable bonds is 2. The second-order valence-electron chi connectivity index (χ2n) is 4.37. The van der Waals surface area contributed by atoms with Crippen molar-refractivity contribution in [1.82, 2.24) is 4.90 Å². The second-order valence-corrected chi connectivity index (χ2v) is 4.37. The van der Waals surface area contributed by atoms with Crippen LogP contribution in [-0.2, 0) is 4.74 Å². The molecule has 0 aliphatic carbocycles. The summed E-state index contributed by atoms with van der Waals surface area (Å²) in [5.74, 6) is -0.857. The van der Waals surface area contributed by atoms with Crippen molar-refractivity contribution in [2.75, 3.05) is 25.5 Å². The normalized spacial score (nSPS) is 19.9. The van der Waals surface area contributed by atoms with Gasteiger partial charge in [0.05, 0.1) is 24.8 Å². The molecule has 0 aromatic heterocycles. The molecule has 1 saturated heterocycles. The van der Waals surface area contributed by atoms with Crippen molar-refractivity contribution >= 4 is 11.6 Å². The van der Waals surface area contributed by atoms with E-state index < -0.39 is 5.82 Å². The van der Waals surface area contributed by atoms with Crippen LogP contribution >= 0.6 is 0 Å². The van der Waals surface area contributed by atoms with Gasteiger partial charge in [0, 0.05) is 12.2 Å². The Kier molecular flexibility index (Phi) is 3.81. The van der Waals surface area contributed by atoms with Crippen molar-refractivity contribution in [2.45, 2.75) is 19.4 Å². The SMILES string of the molecule is CCC1COCCN1C(=O)c1ccc(N)cc1F. The highest BCUT2D eigenvalue weighted by Gasteiger charge is 2.28. The van der Waals surface area contributed by atoms with E-state index in [2.05, 4.69) is 0 Å². The average Bonchev–Trinajstić information content (AvgIpc) is 2.38. The van der Waals surface area contributed by atoms with Gasteiger partial charge in [-0.3, -0.25) is 4.79 Å². The number of ether oxygens (including phenoxy) is 1. The predicted octanol–water partition coefficient (Wildman–Crippen LogP) is 1.66. The minimum Gasteiger partial charge on any atom is -0.399 e. The highest BCUT2D eigenvalue weighted by Crippen LogP contribution is 2.18. The molecule has 18 heavy (non-hydrogen) atoms. The van der Waals surface area contributed by atoms with Crippen molar-refractivity contribution in [2.24, 2.45) is 0 Å². The Labute approximate surface area is 106 Å². The molecule has 1 atom stereocenters. The molecule has 98 valence electrons. The number of benzene rings is 1. The van der Waals surface area contributed by atoms with E-state index in [1.54, 1.807) is 4.90 Å². The maximum absolute atomic E-state index is 13.7. The van der Waals surface area contributed by atoms with Gasteiger partial charge in [0.15, 0.2) is 0 Å². The van der Waals surface area contributed by atoms with Crippen molar-refractivity contribution in [3.05, 3.63) is 29.6 Å². The third-order valence-corrected chi connectivity index (χ3v) is 3.18. The predicted molar refractivity (Wildman–Crippen MR) is 66.7 cm³/mol. The fourth-order valence-corrected chi connectivity index (χ4v) is 2.12. The van der Waals surface area contributed by atoms with E-state index >= 15 is 0 Å². The van der Waals surface area contributed by atoms with E-state index in [9.17, 15) is 9.18 Å². The molecule has 1 fully saturated rings. The van der Waals surface area contributed by atoms with Crippen LogP contribution in [0.1, 0.15) is 23.7 Å². The van der Waals surface area contributed by atoms with Crippen LogP contribution < -0.4 is 5.73 Å². The molecule has 0 radical (unpaired) electrons. The Balaban J connectivity index is 2.24. The van der Waals surface area contributed by atoms with Crippen LogP contribution in [0.5, 0.6) is 0 Å². The molecule has 4 nitrogen and oxygen atoms in total. The quantitative estimate of drug-likeness (QED) is 0.814. The molecule has 1 aromatic carbocycles. The van der Waals surface area contributed by atoms with Gasteiger partial charge in [0.1, 0.15) is 5.82 Å². The molecular formula is C13H17FN2O2. The number of hydrogen-bond donors (Lipinski definition) is 1. The summed E-state index contributed by atoms with van der Waals surface area (Å²) >= 11 is 0. The average molecular weight is 252 g/mol. The third-order valence-electron chi connectivity index (χ3n) is 3.18. The minimum atomic E-state index is -0.568. The van der Waals surface area contributed by atoms with Crippen molar-refractivity contribution in [3.8, 4) is 0 Å². The zero-order chi connectivity index (χ0) is 13.1. The highest BCUT2D eigenvalue weighted by atomic mass is 19.1. The van der Waals surface area contributed by atoms with Gasteiger partial charge in [0.2, 0.25) is 0 Å². The fraction of sp³-hybridized carbons (Fsp3) is 0.462. The van der Waals surface area contributed by atoms with Crippen LogP contribution in [0, 0.1) is 5.82 Å². The van der Waals surface area contributed by atoms with Gasteiger partial charge in [-0.1, -0.05) is 6.92 Å². The number of anilines is 1. The number of carbonyl (C=O) groups is 1. The maximum atomic E-state index is 13.7. The maximum Gasteiger partial charge on any atom is 0.257 e. The zero-order valence-corrected chi connectivity index (χ0v) is 10.4. The molecule has 0 bridgehead atoms. The first-order valence-electron chi connectivity index (χ1n) is 6.07. The summed E-state index contributed by atoms with van der Waals surface area (Å²) in [4.78, 5) is 14.0. The lowest BCUT2D eigenvalue weighted by molar-refractivity contribution is -0.00302. The van der Waals surface area contributed by atoms with Gasteiger partial charge in [-0.25, -0.2) is 4.39 Å². The lowest BCUT2D eigenvalue weighted by Gasteiger charge is -2.35. The molecule has 2 N–H and O–H groups in total. The first kappa shape index (κ1) is 12.8. The van der Waals surface area contributed by atoms with Gasteiger partial charge in [-0.15, -0.1) is 0 Å². The van der Waals surface area contributed by atoms with E-state index in [-0.39, 0.29) is 17.5 Å². The second kappa shape index (κ2) is 5.35. The largest absolute Gasteiger partial charge is 0.399 e. The van der Waals surface area contributed by atoms with E-state index in [0.717, 1.165) is 6.42 Å². The number of carbonyl (C=O) groups excluding carboxylic acids is 1. The Morgan fingerprint density at radius 2 is 2.39 bits per heavy atom. The first-order chi connectivity index (χ1) is 8.63. The van der Waals surface area contributed by atoms with Gasteiger partial charge < -0.3 is 15.4 Å². The van der Waals surface area contributed by atoms with Crippen LogP contribution in [0.4, 0.5) is 10.1 Å². The summed E-state index contributed by atoms with van der Waals surface area (Å²) < 4.78 is 19.1. The van der Waals surface area contributed by atoms with E-state index in [1.807, 2.05) is 6.92 Å². The zero-order valence-electron chi connectivity index (χ0n) is 10.4. The number of halogens is 1. The molecule has 1 aliphatic rings. The van der Waals surface area contributed by atoms with Crippen LogP contribution in [0.25, 0.3) is 0 Å². The van der Waals surface area contributed by atoms with E-state index in [1.165, 1.54) is 18.2 Å². The van der Waals surface area contributed by atoms with Crippen LogP contribution in [-0.4, -0.2) is 36.6 Å². The molecule has 1 heterocycles. The molecule has 1 aliphatic heterocycles. The number of nitrogens with two attached hydrogens (primary N) is 1. The van der Waals surface area contributed by atoms with Crippen LogP contribution in [0.2, 0.25) is 0 Å². The molecule has 1 aromatic rings. The van der Waals surface area contributed by atoms with E-state index in [0.29, 0.717) is 25.4 Å². The minimum absolute atomic E-state index is 0.0169. The molecule has 1 unspecified atom stereocenters. The number of hydrogen-bond acceptors (Lipinski definition) is 3. The van der Waals surface area contributed by atoms with Gasteiger partial charge in [-0.05, 0) is 24.6 Å². The molecule has 0 spiro atoms. The standard InChI is InChI=1S/C13H17FN2O2/c1-2-10-8-18-6-5-16(10)13(17)11-4-3-9(15)7-12(11)14/h3-4,7,10H,2,5-6,8,15H2,1H3. The van der Waals surface area contributed by atoms with Crippen molar-refractivity contribution in [3.63, 3.8) is 0 Å². The summed E-state index contributed by atoms with van der Waals surface area (Å²) in [5, 5.41) is 0. The summed E-state index contributed by atoms with van der Waals surface area (Å²) in [7, 11) is 0. The smallest absolute Gasteiger partial charge is 0.257 e. The number of nitrogens with zero attached hydrogens (tertiary/aromatic N) is 1. The van der Waals surface area contributed by atoms with Gasteiger partial charge in [-0.2, -0.15) is 0 Å². The lowest BCUT2D eigenvalue weighted by atomic mass is 10.1. The van der Waals surface area contributed by atoms with Crippen LogP contribution in [0.15, 0.2) is 18.2 Å². The summed E-state index contributed by atoms with van der Waals surface area (Å²) in [6, 6.07) is 4.17. The summed E-state index contributed by atoms with van der Waals surface area (Å²) in [5.41, 5.74) is 5.87. The Morgan fingerprint density at radius 1 is 1.61 bits per heavy atom. The fourth-order valence-electron chi connectivity index (χ4n) is 2.12. The number of morpholine rings is 1. The third kappa shape index (κ3) is 2.46. The first-order valence-corrected chi connectivity index (χ1v) is 6.07. The topological polar surface area (TPSA) is 55.6 Å². The molecule has 2 rings (SSSR count).